The van der Waals surface area contributed by atoms with E-state index in [2.05, 4.69) is 0 Å². The molecule has 1 heterocycles. The second kappa shape index (κ2) is 5.02. The van der Waals surface area contributed by atoms with Crippen LogP contribution in [0.15, 0.2) is 18.2 Å². The van der Waals surface area contributed by atoms with Crippen LogP contribution in [0.3, 0.4) is 0 Å². The van der Waals surface area contributed by atoms with E-state index in [1.54, 1.807) is 4.90 Å². The average Bonchev–Trinajstić information content (AvgIpc) is 2.80. The quantitative estimate of drug-likeness (QED) is 0.880. The summed E-state index contributed by atoms with van der Waals surface area (Å²) < 4.78 is 13.0. The Bertz CT molecular complexity index is 439. The summed E-state index contributed by atoms with van der Waals surface area (Å²) in [6.45, 7) is 1.26. The first-order valence-corrected chi connectivity index (χ1v) is 5.85. The molecule has 0 saturated carbocycles. The van der Waals surface area contributed by atoms with Crippen molar-refractivity contribution in [2.24, 2.45) is 5.92 Å². The van der Waals surface area contributed by atoms with Gasteiger partial charge in [0.15, 0.2) is 0 Å². The van der Waals surface area contributed by atoms with Crippen LogP contribution in [0, 0.1) is 11.7 Å². The van der Waals surface area contributed by atoms with Gasteiger partial charge in [0.1, 0.15) is 5.82 Å². The fourth-order valence-electron chi connectivity index (χ4n) is 1.98. The minimum absolute atomic E-state index is 0.0474. The number of likely N-dealkylation sites (tertiary alicyclic amines) is 1. The fourth-order valence-corrected chi connectivity index (χ4v) is 2.16. The second-order valence-corrected chi connectivity index (χ2v) is 4.62. The van der Waals surface area contributed by atoms with Crippen LogP contribution >= 0.6 is 11.6 Å². The fraction of sp³-hybridized carbons (Fsp3) is 0.417. The molecule has 0 radical (unpaired) electrons. The van der Waals surface area contributed by atoms with Gasteiger partial charge in [0.2, 0.25) is 0 Å². The van der Waals surface area contributed by atoms with Crippen LogP contribution < -0.4 is 0 Å². The molecule has 1 aliphatic rings. The van der Waals surface area contributed by atoms with Crippen molar-refractivity contribution in [1.82, 2.24) is 4.90 Å². The molecule has 5 heteroatoms. The van der Waals surface area contributed by atoms with Crippen molar-refractivity contribution < 1.29 is 14.3 Å². The van der Waals surface area contributed by atoms with E-state index in [9.17, 15) is 9.18 Å². The minimum Gasteiger partial charge on any atom is -0.396 e. The molecule has 1 atom stereocenters. The Labute approximate surface area is 104 Å². The minimum atomic E-state index is -0.530. The van der Waals surface area contributed by atoms with Crippen molar-refractivity contribution in [3.8, 4) is 0 Å². The molecule has 3 nitrogen and oxygen atoms in total. The monoisotopic (exact) mass is 257 g/mol. The molecule has 0 unspecified atom stereocenters. The van der Waals surface area contributed by atoms with E-state index >= 15 is 0 Å². The molecule has 0 aromatic heterocycles. The number of rotatable bonds is 2. The summed E-state index contributed by atoms with van der Waals surface area (Å²) in [6, 6.07) is 3.95. The van der Waals surface area contributed by atoms with Crippen molar-refractivity contribution in [1.29, 1.82) is 0 Å². The summed E-state index contributed by atoms with van der Waals surface area (Å²) in [5.74, 6) is -0.546. The standard InChI is InChI=1S/C12H13ClFNO2/c13-10-5-9(1-2-11(10)14)12(17)15-4-3-8(6-15)7-16/h1-2,5,8,16H,3-4,6-7H2/t8-/m1/s1. The van der Waals surface area contributed by atoms with Gasteiger partial charge in [-0.25, -0.2) is 4.39 Å². The van der Waals surface area contributed by atoms with Crippen molar-refractivity contribution >= 4 is 17.5 Å². The summed E-state index contributed by atoms with van der Waals surface area (Å²) in [6.07, 6.45) is 0.803. The van der Waals surface area contributed by atoms with Gasteiger partial charge in [-0.3, -0.25) is 4.79 Å². The first-order valence-electron chi connectivity index (χ1n) is 5.47. The van der Waals surface area contributed by atoms with Gasteiger partial charge >= 0.3 is 0 Å². The maximum atomic E-state index is 13.0. The largest absolute Gasteiger partial charge is 0.396 e. The normalized spacial score (nSPS) is 19.7. The lowest BCUT2D eigenvalue weighted by atomic mass is 10.1. The van der Waals surface area contributed by atoms with E-state index in [0.717, 1.165) is 6.42 Å². The topological polar surface area (TPSA) is 40.5 Å². The predicted molar refractivity (Wildman–Crippen MR) is 62.5 cm³/mol. The summed E-state index contributed by atoms with van der Waals surface area (Å²) in [4.78, 5) is 13.7. The number of carbonyl (C=O) groups excluding carboxylic acids is 1. The van der Waals surface area contributed by atoms with E-state index in [4.69, 9.17) is 16.7 Å². The lowest BCUT2D eigenvalue weighted by molar-refractivity contribution is 0.0782. The van der Waals surface area contributed by atoms with Gasteiger partial charge in [-0.1, -0.05) is 11.6 Å². The third-order valence-electron chi connectivity index (χ3n) is 3.00. The van der Waals surface area contributed by atoms with Gasteiger partial charge in [-0.2, -0.15) is 0 Å². The van der Waals surface area contributed by atoms with Gasteiger partial charge < -0.3 is 10.0 Å². The summed E-state index contributed by atoms with van der Waals surface area (Å²) >= 11 is 5.63. The number of aliphatic hydroxyl groups is 1. The van der Waals surface area contributed by atoms with Crippen LogP contribution in [0.25, 0.3) is 0 Å². The molecular formula is C12H13ClFNO2. The lowest BCUT2D eigenvalue weighted by Gasteiger charge is -2.16. The number of aliphatic hydroxyl groups excluding tert-OH is 1. The molecule has 1 aromatic rings. The first kappa shape index (κ1) is 12.3. The van der Waals surface area contributed by atoms with Crippen LogP contribution in [-0.4, -0.2) is 35.6 Å². The second-order valence-electron chi connectivity index (χ2n) is 4.22. The van der Waals surface area contributed by atoms with E-state index in [1.807, 2.05) is 0 Å². The molecule has 1 amide bonds. The van der Waals surface area contributed by atoms with Gasteiger partial charge in [0.05, 0.1) is 5.02 Å². The highest BCUT2D eigenvalue weighted by atomic mass is 35.5. The molecule has 0 aliphatic carbocycles. The molecule has 1 aromatic carbocycles. The Morgan fingerprint density at radius 1 is 1.59 bits per heavy atom. The number of hydrogen-bond donors (Lipinski definition) is 1. The Balaban J connectivity index is 2.12. The Morgan fingerprint density at radius 3 is 2.94 bits per heavy atom. The Hall–Kier alpha value is -1.13. The summed E-state index contributed by atoms with van der Waals surface area (Å²) in [5.41, 5.74) is 0.384. The maximum absolute atomic E-state index is 13.0. The number of amides is 1. The van der Waals surface area contributed by atoms with Crippen LogP contribution in [-0.2, 0) is 0 Å². The number of carbonyl (C=O) groups is 1. The van der Waals surface area contributed by atoms with Gasteiger partial charge in [0, 0.05) is 31.2 Å². The predicted octanol–water partition coefficient (Wildman–Crippen LogP) is 1.93. The Morgan fingerprint density at radius 2 is 2.35 bits per heavy atom. The third kappa shape index (κ3) is 2.58. The number of hydrogen-bond acceptors (Lipinski definition) is 2. The molecule has 1 aliphatic heterocycles. The molecule has 92 valence electrons. The van der Waals surface area contributed by atoms with Gasteiger partial charge in [-0.05, 0) is 24.6 Å². The molecular weight excluding hydrogens is 245 g/mol. The van der Waals surface area contributed by atoms with Crippen LogP contribution in [0.4, 0.5) is 4.39 Å². The highest BCUT2D eigenvalue weighted by Crippen LogP contribution is 2.21. The third-order valence-corrected chi connectivity index (χ3v) is 3.29. The van der Waals surface area contributed by atoms with Crippen LogP contribution in [0.1, 0.15) is 16.8 Å². The molecule has 1 saturated heterocycles. The smallest absolute Gasteiger partial charge is 0.253 e. The van der Waals surface area contributed by atoms with Crippen molar-refractivity contribution in [3.05, 3.63) is 34.6 Å². The number of benzene rings is 1. The zero-order valence-electron chi connectivity index (χ0n) is 9.20. The van der Waals surface area contributed by atoms with Gasteiger partial charge in [0.25, 0.3) is 5.91 Å². The van der Waals surface area contributed by atoms with E-state index in [-0.39, 0.29) is 23.5 Å². The maximum Gasteiger partial charge on any atom is 0.253 e. The highest BCUT2D eigenvalue weighted by molar-refractivity contribution is 6.31. The average molecular weight is 258 g/mol. The van der Waals surface area contributed by atoms with Crippen molar-refractivity contribution in [2.45, 2.75) is 6.42 Å². The molecule has 2 rings (SSSR count). The van der Waals surface area contributed by atoms with Crippen molar-refractivity contribution in [3.63, 3.8) is 0 Å². The van der Waals surface area contributed by atoms with E-state index in [1.165, 1.54) is 18.2 Å². The SMILES string of the molecule is O=C(c1ccc(F)c(Cl)c1)N1CC[C@@H](CO)C1. The van der Waals surface area contributed by atoms with Crippen molar-refractivity contribution in [2.75, 3.05) is 19.7 Å². The molecule has 1 N–H and O–H groups in total. The zero-order valence-corrected chi connectivity index (χ0v) is 9.95. The Kier molecular flexibility index (Phi) is 3.64. The summed E-state index contributed by atoms with van der Waals surface area (Å²) in [5, 5.41) is 8.96. The number of halogens is 2. The molecule has 1 fully saturated rings. The molecule has 0 spiro atoms. The lowest BCUT2D eigenvalue weighted by Crippen LogP contribution is -2.29. The summed E-state index contributed by atoms with van der Waals surface area (Å²) in [7, 11) is 0. The van der Waals surface area contributed by atoms with Crippen LogP contribution in [0.5, 0.6) is 0 Å². The van der Waals surface area contributed by atoms with E-state index in [0.29, 0.717) is 18.7 Å². The zero-order chi connectivity index (χ0) is 12.4. The molecule has 0 bridgehead atoms. The number of nitrogens with zero attached hydrogens (tertiary/aromatic N) is 1. The van der Waals surface area contributed by atoms with Gasteiger partial charge in [-0.15, -0.1) is 0 Å². The van der Waals surface area contributed by atoms with E-state index < -0.39 is 5.82 Å². The van der Waals surface area contributed by atoms with Crippen LogP contribution in [0.2, 0.25) is 5.02 Å². The molecule has 17 heavy (non-hydrogen) atoms. The first-order chi connectivity index (χ1) is 8.11. The highest BCUT2D eigenvalue weighted by Gasteiger charge is 2.26.